The Morgan fingerprint density at radius 2 is 1.30 bits per heavy atom. The number of halogens is 2. The van der Waals surface area contributed by atoms with Crippen LogP contribution in [0.15, 0.2) is 97.1 Å². The van der Waals surface area contributed by atoms with Crippen LogP contribution in [0.5, 0.6) is 0 Å². The third-order valence-electron chi connectivity index (χ3n) is 7.05. The standard InChI is InChI=1S/C31H27F2NO3/c32-25-11-9-23(10-12-25)29(36)18-17-28-30(34(31(28)37)27-15-13-26(33)14-16-27)24-7-5-22(6-8-24)21-3-1-20(19-35)2-4-21/h1-16,28-30,35-36H,17-19H2. The largest absolute Gasteiger partial charge is 0.392 e. The number of nitrogens with zero attached hydrogens (tertiary/aromatic N) is 1. The van der Waals surface area contributed by atoms with Crippen LogP contribution in [0.4, 0.5) is 14.5 Å². The van der Waals surface area contributed by atoms with E-state index in [0.717, 1.165) is 22.3 Å². The Kier molecular flexibility index (Phi) is 7.12. The van der Waals surface area contributed by atoms with Gasteiger partial charge in [0.1, 0.15) is 11.6 Å². The minimum Gasteiger partial charge on any atom is -0.392 e. The molecule has 2 N–H and O–H groups in total. The predicted octanol–water partition coefficient (Wildman–Crippen LogP) is 6.34. The molecular weight excluding hydrogens is 472 g/mol. The molecule has 4 aromatic rings. The summed E-state index contributed by atoms with van der Waals surface area (Å²) in [6, 6.07) is 27.0. The molecule has 0 bridgehead atoms. The molecular formula is C31H27F2NO3. The van der Waals surface area contributed by atoms with Crippen LogP contribution < -0.4 is 4.90 Å². The van der Waals surface area contributed by atoms with Crippen LogP contribution in [0.1, 0.15) is 41.7 Å². The molecule has 0 spiro atoms. The average molecular weight is 500 g/mol. The number of amides is 1. The minimum absolute atomic E-state index is 0.00854. The van der Waals surface area contributed by atoms with Crippen LogP contribution >= 0.6 is 0 Å². The Morgan fingerprint density at radius 1 is 0.757 bits per heavy atom. The van der Waals surface area contributed by atoms with E-state index in [1.165, 1.54) is 24.3 Å². The van der Waals surface area contributed by atoms with Crippen molar-refractivity contribution >= 4 is 11.6 Å². The molecule has 1 amide bonds. The highest BCUT2D eigenvalue weighted by molar-refractivity contribution is 6.03. The van der Waals surface area contributed by atoms with E-state index in [2.05, 4.69) is 0 Å². The van der Waals surface area contributed by atoms with E-state index in [1.54, 1.807) is 29.2 Å². The van der Waals surface area contributed by atoms with Gasteiger partial charge in [-0.25, -0.2) is 8.78 Å². The molecule has 3 unspecified atom stereocenters. The number of carbonyl (C=O) groups excluding carboxylic acids is 1. The molecule has 0 saturated carbocycles. The van der Waals surface area contributed by atoms with Crippen molar-refractivity contribution < 1.29 is 23.8 Å². The Morgan fingerprint density at radius 3 is 1.86 bits per heavy atom. The predicted molar refractivity (Wildman–Crippen MR) is 139 cm³/mol. The Balaban J connectivity index is 1.38. The number of β-lactam (4-membered cyclic amide) rings is 1. The number of carbonyl (C=O) groups is 1. The highest BCUT2D eigenvalue weighted by atomic mass is 19.1. The van der Waals surface area contributed by atoms with Gasteiger partial charge in [0, 0.05) is 5.69 Å². The molecule has 1 heterocycles. The highest BCUT2D eigenvalue weighted by Crippen LogP contribution is 2.46. The molecule has 1 fully saturated rings. The van der Waals surface area contributed by atoms with Crippen LogP contribution in [-0.4, -0.2) is 16.1 Å². The second-order valence-electron chi connectivity index (χ2n) is 9.36. The van der Waals surface area contributed by atoms with Crippen molar-refractivity contribution in [3.05, 3.63) is 125 Å². The van der Waals surface area contributed by atoms with E-state index in [1.807, 2.05) is 48.5 Å². The Labute approximate surface area is 214 Å². The summed E-state index contributed by atoms with van der Waals surface area (Å²) in [5.41, 5.74) is 5.04. The zero-order valence-electron chi connectivity index (χ0n) is 20.1. The topological polar surface area (TPSA) is 60.8 Å². The van der Waals surface area contributed by atoms with E-state index >= 15 is 0 Å². The SMILES string of the molecule is O=C1C(CCC(O)c2ccc(F)cc2)C(c2ccc(-c3ccc(CO)cc3)cc2)N1c1ccc(F)cc1. The Hall–Kier alpha value is -3.87. The zero-order valence-corrected chi connectivity index (χ0v) is 20.1. The first-order valence-electron chi connectivity index (χ1n) is 12.3. The molecule has 0 radical (unpaired) electrons. The van der Waals surface area contributed by atoms with Crippen molar-refractivity contribution in [2.24, 2.45) is 5.92 Å². The van der Waals surface area contributed by atoms with Crippen LogP contribution in [0.2, 0.25) is 0 Å². The normalized spacial score (nSPS) is 17.9. The van der Waals surface area contributed by atoms with Crippen molar-refractivity contribution in [3.8, 4) is 11.1 Å². The fourth-order valence-corrected chi connectivity index (χ4v) is 4.97. The van der Waals surface area contributed by atoms with Crippen LogP contribution in [0.25, 0.3) is 11.1 Å². The minimum atomic E-state index is -0.807. The monoisotopic (exact) mass is 499 g/mol. The number of aliphatic hydroxyl groups excluding tert-OH is 2. The molecule has 188 valence electrons. The summed E-state index contributed by atoms with van der Waals surface area (Å²) in [7, 11) is 0. The number of benzene rings is 4. The van der Waals surface area contributed by atoms with Crippen molar-refractivity contribution in [1.82, 2.24) is 0 Å². The molecule has 1 aliphatic rings. The van der Waals surface area contributed by atoms with Crippen molar-refractivity contribution in [1.29, 1.82) is 0 Å². The van der Waals surface area contributed by atoms with Crippen molar-refractivity contribution in [3.63, 3.8) is 0 Å². The second kappa shape index (κ2) is 10.6. The third-order valence-corrected chi connectivity index (χ3v) is 7.05. The van der Waals surface area contributed by atoms with E-state index in [9.17, 15) is 23.8 Å². The molecule has 4 aromatic carbocycles. The lowest BCUT2D eigenvalue weighted by Gasteiger charge is -2.48. The van der Waals surface area contributed by atoms with Crippen LogP contribution in [0.3, 0.4) is 0 Å². The summed E-state index contributed by atoms with van der Waals surface area (Å²) in [5, 5.41) is 19.9. The molecule has 3 atom stereocenters. The number of anilines is 1. The zero-order chi connectivity index (χ0) is 25.9. The van der Waals surface area contributed by atoms with Crippen molar-refractivity contribution in [2.75, 3.05) is 4.90 Å². The molecule has 1 saturated heterocycles. The Bertz CT molecular complexity index is 1350. The van der Waals surface area contributed by atoms with Gasteiger partial charge in [0.15, 0.2) is 0 Å². The quantitative estimate of drug-likeness (QED) is 0.278. The first kappa shape index (κ1) is 24.8. The smallest absolute Gasteiger partial charge is 0.233 e. The molecule has 0 aliphatic carbocycles. The summed E-state index contributed by atoms with van der Waals surface area (Å²) in [6.45, 7) is -0.00854. The summed E-state index contributed by atoms with van der Waals surface area (Å²) in [5.74, 6) is -1.17. The van der Waals surface area contributed by atoms with Gasteiger partial charge in [-0.1, -0.05) is 60.7 Å². The first-order chi connectivity index (χ1) is 17.9. The van der Waals surface area contributed by atoms with Gasteiger partial charge in [0.25, 0.3) is 0 Å². The number of aliphatic hydroxyl groups is 2. The molecule has 4 nitrogen and oxygen atoms in total. The fourth-order valence-electron chi connectivity index (χ4n) is 4.97. The van der Waals surface area contributed by atoms with Gasteiger partial charge >= 0.3 is 0 Å². The van der Waals surface area contributed by atoms with Gasteiger partial charge in [-0.15, -0.1) is 0 Å². The maximum atomic E-state index is 13.5. The summed E-state index contributed by atoms with van der Waals surface area (Å²) < 4.78 is 26.8. The van der Waals surface area contributed by atoms with Gasteiger partial charge < -0.3 is 15.1 Å². The lowest BCUT2D eigenvalue weighted by Crippen LogP contribution is -2.55. The number of hydrogen-bond donors (Lipinski definition) is 2. The molecule has 1 aliphatic heterocycles. The molecule has 6 heteroatoms. The van der Waals surface area contributed by atoms with Crippen LogP contribution in [0, 0.1) is 17.6 Å². The lowest BCUT2D eigenvalue weighted by molar-refractivity contribution is -0.131. The van der Waals surface area contributed by atoms with Gasteiger partial charge in [-0.05, 0) is 77.1 Å². The van der Waals surface area contributed by atoms with Gasteiger partial charge in [-0.3, -0.25) is 4.79 Å². The van der Waals surface area contributed by atoms with E-state index < -0.39 is 6.10 Å². The average Bonchev–Trinajstić information content (AvgIpc) is 2.93. The van der Waals surface area contributed by atoms with Gasteiger partial charge in [-0.2, -0.15) is 0 Å². The maximum absolute atomic E-state index is 13.5. The molecule has 37 heavy (non-hydrogen) atoms. The van der Waals surface area contributed by atoms with Crippen molar-refractivity contribution in [2.45, 2.75) is 31.6 Å². The fraction of sp³-hybridized carbons (Fsp3) is 0.194. The maximum Gasteiger partial charge on any atom is 0.233 e. The summed E-state index contributed by atoms with van der Waals surface area (Å²) in [6.07, 6.45) is -0.00644. The van der Waals surface area contributed by atoms with E-state index in [-0.39, 0.29) is 36.1 Å². The number of rotatable bonds is 8. The lowest BCUT2D eigenvalue weighted by atomic mass is 9.78. The summed E-state index contributed by atoms with van der Waals surface area (Å²) >= 11 is 0. The highest BCUT2D eigenvalue weighted by Gasteiger charge is 2.48. The van der Waals surface area contributed by atoms with Gasteiger partial charge in [0.05, 0.1) is 24.7 Å². The molecule has 5 rings (SSSR count). The number of hydrogen-bond acceptors (Lipinski definition) is 3. The molecule has 0 aromatic heterocycles. The second-order valence-corrected chi connectivity index (χ2v) is 9.36. The van der Waals surface area contributed by atoms with Crippen LogP contribution in [-0.2, 0) is 11.4 Å². The van der Waals surface area contributed by atoms with E-state index in [4.69, 9.17) is 0 Å². The third kappa shape index (κ3) is 5.17. The van der Waals surface area contributed by atoms with Gasteiger partial charge in [0.2, 0.25) is 5.91 Å². The first-order valence-corrected chi connectivity index (χ1v) is 12.3. The summed E-state index contributed by atoms with van der Waals surface area (Å²) in [4.78, 5) is 14.9. The van der Waals surface area contributed by atoms with E-state index in [0.29, 0.717) is 24.1 Å².